The number of thioether (sulfide) groups is 1. The maximum absolute atomic E-state index is 11.4. The predicted molar refractivity (Wildman–Crippen MR) is 77.8 cm³/mol. The first kappa shape index (κ1) is 12.3. The molecule has 2 aromatic rings. The van der Waals surface area contributed by atoms with Crippen molar-refractivity contribution in [3.8, 4) is 0 Å². The van der Waals surface area contributed by atoms with Crippen LogP contribution in [0.25, 0.3) is 10.8 Å². The van der Waals surface area contributed by atoms with E-state index < -0.39 is 12.0 Å². The number of pyridine rings is 1. The average Bonchev–Trinajstić information content (AvgIpc) is 2.46. The summed E-state index contributed by atoms with van der Waals surface area (Å²) < 4.78 is 0. The van der Waals surface area contributed by atoms with E-state index in [-0.39, 0.29) is 0 Å². The van der Waals surface area contributed by atoms with Crippen molar-refractivity contribution < 1.29 is 9.90 Å². The lowest BCUT2D eigenvalue weighted by Gasteiger charge is -2.34. The molecule has 1 aromatic carbocycles. The zero-order valence-electron chi connectivity index (χ0n) is 10.3. The van der Waals surface area contributed by atoms with Gasteiger partial charge in [-0.3, -0.25) is 0 Å². The third kappa shape index (κ3) is 2.26. The van der Waals surface area contributed by atoms with Gasteiger partial charge in [-0.05, 0) is 11.5 Å². The molecule has 19 heavy (non-hydrogen) atoms. The van der Waals surface area contributed by atoms with E-state index in [1.54, 1.807) is 18.0 Å². The summed E-state index contributed by atoms with van der Waals surface area (Å²) >= 11 is 1.68. The highest BCUT2D eigenvalue weighted by Gasteiger charge is 2.30. The Kier molecular flexibility index (Phi) is 3.29. The van der Waals surface area contributed by atoms with Crippen LogP contribution < -0.4 is 4.90 Å². The van der Waals surface area contributed by atoms with Crippen molar-refractivity contribution >= 4 is 34.3 Å². The summed E-state index contributed by atoms with van der Waals surface area (Å²) in [5.74, 6) is 1.56. The fraction of sp³-hybridized carbons (Fsp3) is 0.286. The highest BCUT2D eigenvalue weighted by atomic mass is 32.2. The van der Waals surface area contributed by atoms with Crippen molar-refractivity contribution in [2.45, 2.75) is 6.04 Å². The molecule has 1 fully saturated rings. The molecule has 4 nitrogen and oxygen atoms in total. The lowest BCUT2D eigenvalue weighted by molar-refractivity contribution is -0.138. The smallest absolute Gasteiger partial charge is 0.327 e. The Morgan fingerprint density at radius 1 is 1.37 bits per heavy atom. The third-order valence-electron chi connectivity index (χ3n) is 3.34. The zero-order chi connectivity index (χ0) is 13.2. The molecule has 0 aliphatic carbocycles. The number of hydrogen-bond donors (Lipinski definition) is 1. The van der Waals surface area contributed by atoms with Gasteiger partial charge < -0.3 is 10.0 Å². The van der Waals surface area contributed by atoms with E-state index in [1.165, 1.54) is 0 Å². The van der Waals surface area contributed by atoms with E-state index in [0.717, 1.165) is 28.9 Å². The first-order valence-corrected chi connectivity index (χ1v) is 7.34. The number of nitrogens with zero attached hydrogens (tertiary/aromatic N) is 2. The second-order valence-corrected chi connectivity index (χ2v) is 5.63. The van der Waals surface area contributed by atoms with Crippen LogP contribution >= 0.6 is 11.8 Å². The number of hydrogen-bond acceptors (Lipinski definition) is 4. The number of carboxylic acids is 1. The molecule has 3 rings (SSSR count). The van der Waals surface area contributed by atoms with Crippen LogP contribution in [-0.4, -0.2) is 40.2 Å². The molecule has 1 aromatic heterocycles. The van der Waals surface area contributed by atoms with Crippen molar-refractivity contribution in [3.05, 3.63) is 36.5 Å². The fourth-order valence-corrected chi connectivity index (χ4v) is 3.43. The van der Waals surface area contributed by atoms with E-state index >= 15 is 0 Å². The monoisotopic (exact) mass is 274 g/mol. The van der Waals surface area contributed by atoms with Gasteiger partial charge in [0, 0.05) is 29.6 Å². The van der Waals surface area contributed by atoms with Crippen LogP contribution in [0, 0.1) is 0 Å². The Labute approximate surface area is 115 Å². The number of benzene rings is 1. The molecular weight excluding hydrogens is 260 g/mol. The summed E-state index contributed by atoms with van der Waals surface area (Å²) in [7, 11) is 0. The van der Waals surface area contributed by atoms with Gasteiger partial charge in [-0.25, -0.2) is 9.78 Å². The molecule has 1 aliphatic rings. The Hall–Kier alpha value is -1.75. The van der Waals surface area contributed by atoms with Gasteiger partial charge in [-0.2, -0.15) is 11.8 Å². The lowest BCUT2D eigenvalue weighted by Crippen LogP contribution is -2.47. The van der Waals surface area contributed by atoms with Crippen molar-refractivity contribution in [2.24, 2.45) is 0 Å². The topological polar surface area (TPSA) is 53.4 Å². The molecule has 0 spiro atoms. The van der Waals surface area contributed by atoms with E-state index in [9.17, 15) is 9.90 Å². The molecule has 1 N–H and O–H groups in total. The van der Waals surface area contributed by atoms with E-state index in [0.29, 0.717) is 5.75 Å². The molecule has 98 valence electrons. The number of aliphatic carboxylic acids is 1. The molecule has 2 heterocycles. The number of carbonyl (C=O) groups is 1. The van der Waals surface area contributed by atoms with Crippen LogP contribution in [0.15, 0.2) is 36.5 Å². The zero-order valence-corrected chi connectivity index (χ0v) is 11.1. The van der Waals surface area contributed by atoms with Gasteiger partial charge in [0.2, 0.25) is 0 Å². The maximum atomic E-state index is 11.4. The summed E-state index contributed by atoms with van der Waals surface area (Å²) in [6, 6.07) is 9.42. The SMILES string of the molecule is O=C(O)C1CSCCN1c1nccc2ccccc12. The lowest BCUT2D eigenvalue weighted by atomic mass is 10.1. The molecular formula is C14H14N2O2S. The molecule has 0 bridgehead atoms. The first-order valence-electron chi connectivity index (χ1n) is 6.18. The number of rotatable bonds is 2. The largest absolute Gasteiger partial charge is 0.480 e. The van der Waals surface area contributed by atoms with E-state index in [1.807, 2.05) is 35.2 Å². The second kappa shape index (κ2) is 5.09. The van der Waals surface area contributed by atoms with Gasteiger partial charge in [0.1, 0.15) is 11.9 Å². The summed E-state index contributed by atoms with van der Waals surface area (Å²) in [5, 5.41) is 11.5. The number of fused-ring (bicyclic) bond motifs is 1. The number of aromatic nitrogens is 1. The molecule has 5 heteroatoms. The quantitative estimate of drug-likeness (QED) is 0.910. The van der Waals surface area contributed by atoms with E-state index in [4.69, 9.17) is 0 Å². The molecule has 0 saturated carbocycles. The van der Waals surface area contributed by atoms with E-state index in [2.05, 4.69) is 4.98 Å². The van der Waals surface area contributed by atoms with Crippen molar-refractivity contribution in [3.63, 3.8) is 0 Å². The van der Waals surface area contributed by atoms with Crippen molar-refractivity contribution in [1.82, 2.24) is 4.98 Å². The number of anilines is 1. The third-order valence-corrected chi connectivity index (χ3v) is 4.36. The molecule has 0 radical (unpaired) electrons. The Morgan fingerprint density at radius 2 is 2.21 bits per heavy atom. The molecule has 1 unspecified atom stereocenters. The molecule has 1 aliphatic heterocycles. The van der Waals surface area contributed by atoms with Gasteiger partial charge >= 0.3 is 5.97 Å². The van der Waals surface area contributed by atoms with Gasteiger partial charge in [0.25, 0.3) is 0 Å². The van der Waals surface area contributed by atoms with Crippen LogP contribution in [0.4, 0.5) is 5.82 Å². The summed E-state index contributed by atoms with van der Waals surface area (Å²) in [6.07, 6.45) is 1.75. The maximum Gasteiger partial charge on any atom is 0.327 e. The first-order chi connectivity index (χ1) is 9.27. The summed E-state index contributed by atoms with van der Waals surface area (Å²) in [5.41, 5.74) is 0. The van der Waals surface area contributed by atoms with Crippen LogP contribution in [-0.2, 0) is 4.79 Å². The van der Waals surface area contributed by atoms with Crippen LogP contribution in [0.2, 0.25) is 0 Å². The summed E-state index contributed by atoms with van der Waals surface area (Å²) in [6.45, 7) is 0.725. The Balaban J connectivity index is 2.09. The van der Waals surface area contributed by atoms with Gasteiger partial charge in [0.15, 0.2) is 0 Å². The van der Waals surface area contributed by atoms with Crippen LogP contribution in [0.1, 0.15) is 0 Å². The highest BCUT2D eigenvalue weighted by Crippen LogP contribution is 2.29. The van der Waals surface area contributed by atoms with Crippen LogP contribution in [0.3, 0.4) is 0 Å². The summed E-state index contributed by atoms with van der Waals surface area (Å²) in [4.78, 5) is 17.7. The molecule has 1 atom stereocenters. The molecule has 1 saturated heterocycles. The normalized spacial score (nSPS) is 19.6. The molecule has 0 amide bonds. The number of carboxylic acid groups (broad SMARTS) is 1. The average molecular weight is 274 g/mol. The second-order valence-electron chi connectivity index (χ2n) is 4.48. The van der Waals surface area contributed by atoms with Gasteiger partial charge in [-0.15, -0.1) is 0 Å². The standard InChI is InChI=1S/C14H14N2O2S/c17-14(18)12-9-19-8-7-16(12)13-11-4-2-1-3-10(11)5-6-15-13/h1-6,12H,7-9H2,(H,17,18). The minimum atomic E-state index is -0.776. The predicted octanol–water partition coefficient (Wildman–Crippen LogP) is 2.24. The highest BCUT2D eigenvalue weighted by molar-refractivity contribution is 7.99. The minimum Gasteiger partial charge on any atom is -0.480 e. The fourth-order valence-electron chi connectivity index (χ4n) is 2.39. The Morgan fingerprint density at radius 3 is 3.05 bits per heavy atom. The Bertz CT molecular complexity index is 612. The van der Waals surface area contributed by atoms with Crippen LogP contribution in [0.5, 0.6) is 0 Å². The van der Waals surface area contributed by atoms with Gasteiger partial charge in [0.05, 0.1) is 0 Å². The minimum absolute atomic E-state index is 0.489. The van der Waals surface area contributed by atoms with Crippen molar-refractivity contribution in [2.75, 3.05) is 23.0 Å². The van der Waals surface area contributed by atoms with Crippen molar-refractivity contribution in [1.29, 1.82) is 0 Å². The van der Waals surface area contributed by atoms with Gasteiger partial charge in [-0.1, -0.05) is 24.3 Å².